The van der Waals surface area contributed by atoms with Crippen LogP contribution in [0.5, 0.6) is 0 Å². The summed E-state index contributed by atoms with van der Waals surface area (Å²) in [6, 6.07) is -0.635. The first-order valence-electron chi connectivity index (χ1n) is 4.47. The topological polar surface area (TPSA) is 102 Å². The number of carbonyl (C=O) groups excluding carboxylic acids is 1. The molecule has 82 valence electrons. The molecule has 0 aromatic heterocycles. The van der Waals surface area contributed by atoms with Crippen LogP contribution in [0.2, 0.25) is 0 Å². The van der Waals surface area contributed by atoms with Crippen LogP contribution in [-0.2, 0) is 14.4 Å². The molecule has 0 rings (SSSR count). The number of nitrogens with two attached hydrogens (primary N) is 1. The van der Waals surface area contributed by atoms with Crippen LogP contribution in [0.15, 0.2) is 0 Å². The number of hydrogen-bond acceptors (Lipinski definition) is 4. The van der Waals surface area contributed by atoms with E-state index in [1.165, 1.54) is 0 Å². The molecule has 14 heavy (non-hydrogen) atoms. The number of amides is 1. The second-order valence-electron chi connectivity index (χ2n) is 2.90. The van der Waals surface area contributed by atoms with Crippen molar-refractivity contribution >= 4 is 11.9 Å². The van der Waals surface area contributed by atoms with Gasteiger partial charge in [-0.25, -0.2) is 10.3 Å². The fraction of sp³-hybridized carbons (Fsp3) is 0.750. The monoisotopic (exact) mass is 204 g/mol. The van der Waals surface area contributed by atoms with E-state index in [9.17, 15) is 9.59 Å². The molecule has 0 saturated heterocycles. The Morgan fingerprint density at radius 3 is 2.71 bits per heavy atom. The average Bonchev–Trinajstić information content (AvgIpc) is 2.13. The van der Waals surface area contributed by atoms with Gasteiger partial charge in [0.2, 0.25) is 0 Å². The third kappa shape index (κ3) is 6.38. The van der Waals surface area contributed by atoms with Gasteiger partial charge in [-0.15, -0.1) is 0 Å². The zero-order valence-corrected chi connectivity index (χ0v) is 8.16. The predicted octanol–water partition coefficient (Wildman–Crippen LogP) is -0.364. The van der Waals surface area contributed by atoms with E-state index in [1.807, 2.05) is 12.4 Å². The number of aliphatic carboxylic acids is 1. The first-order valence-corrected chi connectivity index (χ1v) is 4.47. The van der Waals surface area contributed by atoms with Gasteiger partial charge in [-0.1, -0.05) is 19.8 Å². The van der Waals surface area contributed by atoms with E-state index in [2.05, 4.69) is 4.84 Å². The van der Waals surface area contributed by atoms with Crippen molar-refractivity contribution in [1.29, 1.82) is 0 Å². The fourth-order valence-electron chi connectivity index (χ4n) is 0.800. The summed E-state index contributed by atoms with van der Waals surface area (Å²) in [6.45, 7) is 1.43. The van der Waals surface area contributed by atoms with Crippen molar-refractivity contribution in [1.82, 2.24) is 5.48 Å². The third-order valence-corrected chi connectivity index (χ3v) is 1.57. The van der Waals surface area contributed by atoms with Crippen LogP contribution in [0.1, 0.15) is 26.2 Å². The van der Waals surface area contributed by atoms with Gasteiger partial charge in [0.15, 0.2) is 6.61 Å². The van der Waals surface area contributed by atoms with E-state index in [0.29, 0.717) is 6.42 Å². The normalized spacial score (nSPS) is 12.1. The SMILES string of the molecule is CCCC[C@H](N)C(=O)NOCC(=O)O. The standard InChI is InChI=1S/C8H16N2O4/c1-2-3-4-6(9)8(13)10-14-5-7(11)12/h6H,2-5,9H2,1H3,(H,10,13)(H,11,12)/t6-/m0/s1. The first-order chi connectivity index (χ1) is 6.57. The summed E-state index contributed by atoms with van der Waals surface area (Å²) < 4.78 is 0. The molecule has 1 amide bonds. The number of carboxylic acids is 1. The molecule has 0 bridgehead atoms. The number of hydrogen-bond donors (Lipinski definition) is 3. The molecule has 0 aliphatic heterocycles. The number of carbonyl (C=O) groups is 2. The minimum Gasteiger partial charge on any atom is -0.479 e. The van der Waals surface area contributed by atoms with E-state index in [4.69, 9.17) is 10.8 Å². The summed E-state index contributed by atoms with van der Waals surface area (Å²) in [5.74, 6) is -1.63. The number of rotatable bonds is 7. The van der Waals surface area contributed by atoms with Crippen molar-refractivity contribution in [2.75, 3.05) is 6.61 Å². The summed E-state index contributed by atoms with van der Waals surface area (Å²) in [7, 11) is 0. The van der Waals surface area contributed by atoms with Gasteiger partial charge in [-0.2, -0.15) is 0 Å². The van der Waals surface area contributed by atoms with Crippen LogP contribution in [0, 0.1) is 0 Å². The summed E-state index contributed by atoms with van der Waals surface area (Å²) in [5.41, 5.74) is 7.46. The van der Waals surface area contributed by atoms with Crippen molar-refractivity contribution in [2.45, 2.75) is 32.2 Å². The first kappa shape index (κ1) is 12.9. The highest BCUT2D eigenvalue weighted by Crippen LogP contribution is 1.97. The molecule has 6 nitrogen and oxygen atoms in total. The van der Waals surface area contributed by atoms with Crippen LogP contribution >= 0.6 is 0 Å². The molecule has 0 unspecified atom stereocenters. The van der Waals surface area contributed by atoms with Crippen molar-refractivity contribution in [2.24, 2.45) is 5.73 Å². The molecular weight excluding hydrogens is 188 g/mol. The number of nitrogens with one attached hydrogen (secondary N) is 1. The van der Waals surface area contributed by atoms with E-state index in [0.717, 1.165) is 12.8 Å². The number of hydroxylamine groups is 1. The Bertz CT molecular complexity index is 196. The molecule has 0 aromatic rings. The lowest BCUT2D eigenvalue weighted by Crippen LogP contribution is -2.41. The summed E-state index contributed by atoms with van der Waals surface area (Å²) >= 11 is 0. The summed E-state index contributed by atoms with van der Waals surface area (Å²) in [4.78, 5) is 25.5. The quantitative estimate of drug-likeness (QED) is 0.491. The van der Waals surface area contributed by atoms with Gasteiger partial charge in [0.05, 0.1) is 6.04 Å². The second kappa shape index (κ2) is 7.28. The van der Waals surface area contributed by atoms with Crippen LogP contribution in [0.4, 0.5) is 0 Å². The summed E-state index contributed by atoms with van der Waals surface area (Å²) in [5, 5.41) is 8.20. The number of carboxylic acid groups (broad SMARTS) is 1. The van der Waals surface area contributed by atoms with Crippen molar-refractivity contribution < 1.29 is 19.5 Å². The molecule has 1 atom stereocenters. The zero-order valence-electron chi connectivity index (χ0n) is 8.16. The van der Waals surface area contributed by atoms with Gasteiger partial charge < -0.3 is 10.8 Å². The molecule has 0 fully saturated rings. The second-order valence-corrected chi connectivity index (χ2v) is 2.90. The van der Waals surface area contributed by atoms with Crippen LogP contribution in [0.25, 0.3) is 0 Å². The lowest BCUT2D eigenvalue weighted by Gasteiger charge is -2.10. The maximum Gasteiger partial charge on any atom is 0.332 e. The van der Waals surface area contributed by atoms with E-state index < -0.39 is 24.5 Å². The van der Waals surface area contributed by atoms with E-state index in [1.54, 1.807) is 0 Å². The Hall–Kier alpha value is -1.14. The Morgan fingerprint density at radius 2 is 2.21 bits per heavy atom. The van der Waals surface area contributed by atoms with Crippen molar-refractivity contribution in [3.63, 3.8) is 0 Å². The molecule has 0 radical (unpaired) electrons. The Balaban J connectivity index is 3.56. The molecular formula is C8H16N2O4. The van der Waals surface area contributed by atoms with Gasteiger partial charge in [0.25, 0.3) is 5.91 Å². The molecule has 0 aliphatic carbocycles. The average molecular weight is 204 g/mol. The molecule has 4 N–H and O–H groups in total. The van der Waals surface area contributed by atoms with Gasteiger partial charge in [0, 0.05) is 0 Å². The maximum absolute atomic E-state index is 11.1. The fourth-order valence-corrected chi connectivity index (χ4v) is 0.800. The molecule has 0 heterocycles. The van der Waals surface area contributed by atoms with Crippen LogP contribution < -0.4 is 11.2 Å². The molecule has 0 saturated carbocycles. The lowest BCUT2D eigenvalue weighted by atomic mass is 10.1. The smallest absolute Gasteiger partial charge is 0.332 e. The largest absolute Gasteiger partial charge is 0.479 e. The highest BCUT2D eigenvalue weighted by atomic mass is 16.7. The van der Waals surface area contributed by atoms with Gasteiger partial charge in [-0.05, 0) is 6.42 Å². The van der Waals surface area contributed by atoms with Crippen molar-refractivity contribution in [3.05, 3.63) is 0 Å². The highest BCUT2D eigenvalue weighted by molar-refractivity contribution is 5.80. The Kier molecular flexibility index (Phi) is 6.69. The minimum absolute atomic E-state index is 0.486. The van der Waals surface area contributed by atoms with E-state index >= 15 is 0 Å². The van der Waals surface area contributed by atoms with Gasteiger partial charge >= 0.3 is 5.97 Å². The molecule has 0 aromatic carbocycles. The molecule has 0 aliphatic rings. The van der Waals surface area contributed by atoms with Gasteiger partial charge in [-0.3, -0.25) is 9.63 Å². The predicted molar refractivity (Wildman–Crippen MR) is 49.2 cm³/mol. The maximum atomic E-state index is 11.1. The molecule has 6 heteroatoms. The van der Waals surface area contributed by atoms with E-state index in [-0.39, 0.29) is 0 Å². The van der Waals surface area contributed by atoms with Crippen LogP contribution in [-0.4, -0.2) is 29.6 Å². The van der Waals surface area contributed by atoms with Crippen LogP contribution in [0.3, 0.4) is 0 Å². The molecule has 0 spiro atoms. The lowest BCUT2D eigenvalue weighted by molar-refractivity contribution is -0.149. The highest BCUT2D eigenvalue weighted by Gasteiger charge is 2.12. The minimum atomic E-state index is -1.15. The summed E-state index contributed by atoms with van der Waals surface area (Å²) in [6.07, 6.45) is 2.38. The number of unbranched alkanes of at least 4 members (excludes halogenated alkanes) is 1. The zero-order chi connectivity index (χ0) is 11.0. The Labute approximate surface area is 82.4 Å². The third-order valence-electron chi connectivity index (χ3n) is 1.57. The Morgan fingerprint density at radius 1 is 1.57 bits per heavy atom. The van der Waals surface area contributed by atoms with Gasteiger partial charge in [0.1, 0.15) is 0 Å². The van der Waals surface area contributed by atoms with Crippen molar-refractivity contribution in [3.8, 4) is 0 Å².